The van der Waals surface area contributed by atoms with E-state index in [1.165, 1.54) is 7.11 Å². The Hall–Kier alpha value is -2.30. The summed E-state index contributed by atoms with van der Waals surface area (Å²) in [7, 11) is 1.53. The number of hydrogen-bond donors (Lipinski definition) is 0. The zero-order valence-electron chi connectivity index (χ0n) is 10.9. The molecule has 0 saturated heterocycles. The fourth-order valence-corrected chi connectivity index (χ4v) is 1.77. The molecule has 0 fully saturated rings. The Kier molecular flexibility index (Phi) is 4.18. The second-order valence-electron chi connectivity index (χ2n) is 4.14. The molecule has 0 unspecified atom stereocenters. The van der Waals surface area contributed by atoms with Gasteiger partial charge in [-0.05, 0) is 25.1 Å². The van der Waals surface area contributed by atoms with E-state index < -0.39 is 5.97 Å². The van der Waals surface area contributed by atoms with Crippen LogP contribution in [0, 0.1) is 0 Å². The number of esters is 1. The van der Waals surface area contributed by atoms with Crippen LogP contribution in [0.25, 0.3) is 0 Å². The number of nitrogens with zero attached hydrogens (tertiary/aromatic N) is 2. The summed E-state index contributed by atoms with van der Waals surface area (Å²) in [5, 5.41) is 4.07. The predicted octanol–water partition coefficient (Wildman–Crippen LogP) is 2.14. The highest BCUT2D eigenvalue weighted by atomic mass is 16.5. The number of methoxy groups -OCH3 is 1. The maximum atomic E-state index is 12.0. The third-order valence-corrected chi connectivity index (χ3v) is 2.64. The summed E-state index contributed by atoms with van der Waals surface area (Å²) in [4.78, 5) is 12.0. The Labute approximate surface area is 111 Å². The van der Waals surface area contributed by atoms with E-state index in [2.05, 4.69) is 5.10 Å². The van der Waals surface area contributed by atoms with Gasteiger partial charge in [-0.1, -0.05) is 12.1 Å². The monoisotopic (exact) mass is 260 g/mol. The molecule has 2 rings (SSSR count). The first-order chi connectivity index (χ1) is 9.20. The second-order valence-corrected chi connectivity index (χ2v) is 4.14. The molecule has 19 heavy (non-hydrogen) atoms. The van der Waals surface area contributed by atoms with Crippen LogP contribution in [0.1, 0.15) is 17.3 Å². The minimum Gasteiger partial charge on any atom is -0.496 e. The first kappa shape index (κ1) is 13.1. The van der Waals surface area contributed by atoms with E-state index in [0.717, 1.165) is 0 Å². The minimum atomic E-state index is -0.392. The van der Waals surface area contributed by atoms with Gasteiger partial charge in [0.15, 0.2) is 0 Å². The number of benzene rings is 1. The summed E-state index contributed by atoms with van der Waals surface area (Å²) in [5.74, 6) is 0.121. The Morgan fingerprint density at radius 3 is 2.84 bits per heavy atom. The standard InChI is InChI=1S/C14H16N2O3/c1-11(10-16-9-5-8-15-16)19-14(17)12-6-3-4-7-13(12)18-2/h3-9,11H,10H2,1-2H3/t11-/m0/s1. The summed E-state index contributed by atoms with van der Waals surface area (Å²) in [6.07, 6.45) is 3.25. The summed E-state index contributed by atoms with van der Waals surface area (Å²) in [6.45, 7) is 2.35. The molecule has 0 saturated carbocycles. The predicted molar refractivity (Wildman–Crippen MR) is 70.1 cm³/mol. The van der Waals surface area contributed by atoms with Crippen LogP contribution in [0.3, 0.4) is 0 Å². The highest BCUT2D eigenvalue weighted by Gasteiger charge is 2.16. The van der Waals surface area contributed by atoms with Crippen molar-refractivity contribution in [2.24, 2.45) is 0 Å². The average Bonchev–Trinajstić information content (AvgIpc) is 2.91. The molecule has 0 aliphatic carbocycles. The summed E-state index contributed by atoms with van der Waals surface area (Å²) >= 11 is 0. The Bertz CT molecular complexity index is 537. The topological polar surface area (TPSA) is 53.4 Å². The average molecular weight is 260 g/mol. The van der Waals surface area contributed by atoms with Crippen LogP contribution >= 0.6 is 0 Å². The molecular weight excluding hydrogens is 244 g/mol. The SMILES string of the molecule is COc1ccccc1C(=O)O[C@@H](C)Cn1cccn1. The lowest BCUT2D eigenvalue weighted by Crippen LogP contribution is -2.21. The largest absolute Gasteiger partial charge is 0.496 e. The Balaban J connectivity index is 2.00. The van der Waals surface area contributed by atoms with Crippen LogP contribution in [0.15, 0.2) is 42.7 Å². The zero-order valence-corrected chi connectivity index (χ0v) is 10.9. The van der Waals surface area contributed by atoms with E-state index in [4.69, 9.17) is 9.47 Å². The van der Waals surface area contributed by atoms with E-state index in [-0.39, 0.29) is 6.10 Å². The van der Waals surface area contributed by atoms with Gasteiger partial charge in [-0.3, -0.25) is 4.68 Å². The number of para-hydroxylation sites is 1. The third kappa shape index (κ3) is 3.34. The first-order valence-electron chi connectivity index (χ1n) is 6.02. The first-order valence-corrected chi connectivity index (χ1v) is 6.02. The molecule has 0 bridgehead atoms. The minimum absolute atomic E-state index is 0.266. The van der Waals surface area contributed by atoms with Crippen molar-refractivity contribution in [3.8, 4) is 5.75 Å². The van der Waals surface area contributed by atoms with Crippen molar-refractivity contribution >= 4 is 5.97 Å². The van der Waals surface area contributed by atoms with Crippen LogP contribution in [0.4, 0.5) is 0 Å². The van der Waals surface area contributed by atoms with Crippen molar-refractivity contribution in [2.45, 2.75) is 19.6 Å². The molecule has 1 aromatic heterocycles. The molecule has 0 aliphatic rings. The molecule has 0 aliphatic heterocycles. The fraction of sp³-hybridized carbons (Fsp3) is 0.286. The summed E-state index contributed by atoms with van der Waals surface area (Å²) < 4.78 is 12.2. The molecule has 2 aromatic rings. The van der Waals surface area contributed by atoms with Gasteiger partial charge in [-0.15, -0.1) is 0 Å². The van der Waals surface area contributed by atoms with Crippen LogP contribution in [-0.4, -0.2) is 29.0 Å². The molecule has 1 aromatic carbocycles. The Morgan fingerprint density at radius 1 is 1.37 bits per heavy atom. The second kappa shape index (κ2) is 6.04. The van der Waals surface area contributed by atoms with E-state index in [1.807, 2.05) is 25.3 Å². The van der Waals surface area contributed by atoms with Crippen LogP contribution in [-0.2, 0) is 11.3 Å². The van der Waals surface area contributed by atoms with Crippen molar-refractivity contribution in [3.63, 3.8) is 0 Å². The van der Waals surface area contributed by atoms with E-state index in [0.29, 0.717) is 17.9 Å². The van der Waals surface area contributed by atoms with Gasteiger partial charge in [-0.25, -0.2) is 4.79 Å². The summed E-state index contributed by atoms with van der Waals surface area (Å²) in [5.41, 5.74) is 0.428. The smallest absolute Gasteiger partial charge is 0.342 e. The summed E-state index contributed by atoms with van der Waals surface area (Å²) in [6, 6.07) is 8.82. The highest BCUT2D eigenvalue weighted by Crippen LogP contribution is 2.18. The number of rotatable bonds is 5. The van der Waals surface area contributed by atoms with Gasteiger partial charge in [0, 0.05) is 12.4 Å². The van der Waals surface area contributed by atoms with Crippen molar-refractivity contribution in [1.82, 2.24) is 9.78 Å². The molecule has 1 heterocycles. The van der Waals surface area contributed by atoms with Crippen molar-refractivity contribution in [2.75, 3.05) is 7.11 Å². The molecule has 100 valence electrons. The van der Waals surface area contributed by atoms with Gasteiger partial charge in [0.05, 0.1) is 13.7 Å². The van der Waals surface area contributed by atoms with Gasteiger partial charge < -0.3 is 9.47 Å². The molecule has 0 N–H and O–H groups in total. The maximum absolute atomic E-state index is 12.0. The van der Waals surface area contributed by atoms with E-state index in [9.17, 15) is 4.79 Å². The number of carbonyl (C=O) groups is 1. The lowest BCUT2D eigenvalue weighted by atomic mass is 10.2. The van der Waals surface area contributed by atoms with Gasteiger partial charge in [0.1, 0.15) is 17.4 Å². The van der Waals surface area contributed by atoms with Crippen LogP contribution in [0.5, 0.6) is 5.75 Å². The van der Waals surface area contributed by atoms with Crippen molar-refractivity contribution < 1.29 is 14.3 Å². The molecule has 5 nitrogen and oxygen atoms in total. The number of carbonyl (C=O) groups excluding carboxylic acids is 1. The molecule has 5 heteroatoms. The quantitative estimate of drug-likeness (QED) is 0.773. The zero-order chi connectivity index (χ0) is 13.7. The van der Waals surface area contributed by atoms with Crippen molar-refractivity contribution in [3.05, 3.63) is 48.3 Å². The highest BCUT2D eigenvalue weighted by molar-refractivity contribution is 5.92. The molecule has 0 amide bonds. The Morgan fingerprint density at radius 2 is 2.16 bits per heavy atom. The molecule has 0 spiro atoms. The fourth-order valence-electron chi connectivity index (χ4n) is 1.77. The van der Waals surface area contributed by atoms with Crippen LogP contribution in [0.2, 0.25) is 0 Å². The number of hydrogen-bond acceptors (Lipinski definition) is 4. The number of aromatic nitrogens is 2. The van der Waals surface area contributed by atoms with Gasteiger partial charge in [-0.2, -0.15) is 5.10 Å². The van der Waals surface area contributed by atoms with Gasteiger partial charge >= 0.3 is 5.97 Å². The van der Waals surface area contributed by atoms with Gasteiger partial charge in [0.2, 0.25) is 0 Å². The normalized spacial score (nSPS) is 11.9. The maximum Gasteiger partial charge on any atom is 0.342 e. The molecule has 0 radical (unpaired) electrons. The van der Waals surface area contributed by atoms with Crippen LogP contribution < -0.4 is 4.74 Å². The molecule has 1 atom stereocenters. The van der Waals surface area contributed by atoms with Gasteiger partial charge in [0.25, 0.3) is 0 Å². The molecular formula is C14H16N2O3. The third-order valence-electron chi connectivity index (χ3n) is 2.64. The number of ether oxygens (including phenoxy) is 2. The van der Waals surface area contributed by atoms with E-state index >= 15 is 0 Å². The van der Waals surface area contributed by atoms with Crippen molar-refractivity contribution in [1.29, 1.82) is 0 Å². The lowest BCUT2D eigenvalue weighted by molar-refractivity contribution is 0.0295. The lowest BCUT2D eigenvalue weighted by Gasteiger charge is -2.14. The van der Waals surface area contributed by atoms with E-state index in [1.54, 1.807) is 29.1 Å².